The van der Waals surface area contributed by atoms with Crippen LogP contribution in [0.15, 0.2) is 41.6 Å². The van der Waals surface area contributed by atoms with E-state index in [9.17, 15) is 0 Å². The SMILES string of the molecule is C/C(=N\O)c1ccc2ccccc2c1OCC1CCCO1. The summed E-state index contributed by atoms with van der Waals surface area (Å²) in [5.41, 5.74) is 1.36. The van der Waals surface area contributed by atoms with E-state index in [0.29, 0.717) is 12.3 Å². The summed E-state index contributed by atoms with van der Waals surface area (Å²) in [5, 5.41) is 14.5. The molecule has 1 atom stereocenters. The van der Waals surface area contributed by atoms with Crippen molar-refractivity contribution in [2.45, 2.75) is 25.9 Å². The molecule has 2 aromatic carbocycles. The fraction of sp³-hybridized carbons (Fsp3) is 0.353. The molecule has 0 aromatic heterocycles. The number of fused-ring (bicyclic) bond motifs is 1. The van der Waals surface area contributed by atoms with Gasteiger partial charge in [0.1, 0.15) is 12.4 Å². The average molecular weight is 285 g/mol. The number of nitrogens with zero attached hydrogens (tertiary/aromatic N) is 1. The first kappa shape index (κ1) is 13.9. The smallest absolute Gasteiger partial charge is 0.136 e. The third-order valence-corrected chi connectivity index (χ3v) is 3.86. The van der Waals surface area contributed by atoms with E-state index in [4.69, 9.17) is 14.7 Å². The van der Waals surface area contributed by atoms with E-state index in [1.807, 2.05) is 36.4 Å². The summed E-state index contributed by atoms with van der Waals surface area (Å²) in [5.74, 6) is 0.763. The van der Waals surface area contributed by atoms with Crippen LogP contribution in [0.4, 0.5) is 0 Å². The first-order chi connectivity index (χ1) is 10.3. The zero-order chi connectivity index (χ0) is 14.7. The summed E-state index contributed by atoms with van der Waals surface area (Å²) >= 11 is 0. The second kappa shape index (κ2) is 6.14. The molecule has 0 spiro atoms. The average Bonchev–Trinajstić information content (AvgIpc) is 3.05. The highest BCUT2D eigenvalue weighted by Gasteiger charge is 2.18. The number of hydrogen-bond donors (Lipinski definition) is 1. The maximum Gasteiger partial charge on any atom is 0.136 e. The van der Waals surface area contributed by atoms with E-state index in [1.54, 1.807) is 6.92 Å². The Hall–Kier alpha value is -2.07. The van der Waals surface area contributed by atoms with Crippen molar-refractivity contribution in [1.82, 2.24) is 0 Å². The van der Waals surface area contributed by atoms with Crippen LogP contribution in [-0.2, 0) is 4.74 Å². The molecule has 1 unspecified atom stereocenters. The molecular formula is C17H19NO3. The maximum atomic E-state index is 9.07. The van der Waals surface area contributed by atoms with Crippen LogP contribution < -0.4 is 4.74 Å². The summed E-state index contributed by atoms with van der Waals surface area (Å²) in [6.07, 6.45) is 2.28. The quantitative estimate of drug-likeness (QED) is 0.530. The van der Waals surface area contributed by atoms with Crippen molar-refractivity contribution < 1.29 is 14.7 Å². The molecule has 1 N–H and O–H groups in total. The van der Waals surface area contributed by atoms with Gasteiger partial charge in [0, 0.05) is 17.6 Å². The predicted octanol–water partition coefficient (Wildman–Crippen LogP) is 3.60. The lowest BCUT2D eigenvalue weighted by atomic mass is 10.0. The number of ether oxygens (including phenoxy) is 2. The number of hydrogen-bond acceptors (Lipinski definition) is 4. The molecule has 0 aliphatic carbocycles. The molecule has 3 rings (SSSR count). The highest BCUT2D eigenvalue weighted by atomic mass is 16.5. The van der Waals surface area contributed by atoms with E-state index in [2.05, 4.69) is 5.16 Å². The molecule has 1 fully saturated rings. The lowest BCUT2D eigenvalue weighted by molar-refractivity contribution is 0.0684. The Morgan fingerprint density at radius 2 is 2.19 bits per heavy atom. The van der Waals surface area contributed by atoms with Crippen molar-refractivity contribution >= 4 is 16.5 Å². The molecule has 2 aromatic rings. The Kier molecular flexibility index (Phi) is 4.06. The van der Waals surface area contributed by atoms with Crippen molar-refractivity contribution in [3.05, 3.63) is 42.0 Å². The standard InChI is InChI=1S/C17H19NO3/c1-12(18-19)15-9-8-13-5-2-3-7-16(13)17(15)21-11-14-6-4-10-20-14/h2-3,5,7-9,14,19H,4,6,10-11H2,1H3/b18-12+. The summed E-state index contributed by atoms with van der Waals surface area (Å²) in [6.45, 7) is 3.11. The molecule has 110 valence electrons. The third-order valence-electron chi connectivity index (χ3n) is 3.86. The van der Waals surface area contributed by atoms with Gasteiger partial charge < -0.3 is 14.7 Å². The lowest BCUT2D eigenvalue weighted by Crippen LogP contribution is -2.17. The van der Waals surface area contributed by atoms with Crippen molar-refractivity contribution in [1.29, 1.82) is 0 Å². The Bertz CT molecular complexity index is 660. The second-order valence-corrected chi connectivity index (χ2v) is 5.29. The van der Waals surface area contributed by atoms with E-state index in [1.165, 1.54) is 0 Å². The molecule has 1 aliphatic heterocycles. The first-order valence-electron chi connectivity index (χ1n) is 7.25. The van der Waals surface area contributed by atoms with Crippen molar-refractivity contribution in [3.8, 4) is 5.75 Å². The monoisotopic (exact) mass is 285 g/mol. The number of benzene rings is 2. The Labute approximate surface area is 124 Å². The zero-order valence-corrected chi connectivity index (χ0v) is 12.1. The first-order valence-corrected chi connectivity index (χ1v) is 7.25. The van der Waals surface area contributed by atoms with Gasteiger partial charge in [-0.3, -0.25) is 0 Å². The molecule has 0 bridgehead atoms. The summed E-state index contributed by atoms with van der Waals surface area (Å²) in [7, 11) is 0. The molecular weight excluding hydrogens is 266 g/mol. The van der Waals surface area contributed by atoms with Crippen molar-refractivity contribution in [3.63, 3.8) is 0 Å². The second-order valence-electron chi connectivity index (χ2n) is 5.29. The van der Waals surface area contributed by atoms with E-state index >= 15 is 0 Å². The van der Waals surface area contributed by atoms with Crippen LogP contribution in [0.2, 0.25) is 0 Å². The minimum absolute atomic E-state index is 0.156. The van der Waals surface area contributed by atoms with Gasteiger partial charge in [0.15, 0.2) is 0 Å². The fourth-order valence-electron chi connectivity index (χ4n) is 2.69. The van der Waals surface area contributed by atoms with Gasteiger partial charge in [-0.05, 0) is 31.2 Å². The van der Waals surface area contributed by atoms with E-state index in [0.717, 1.165) is 41.5 Å². The van der Waals surface area contributed by atoms with Crippen LogP contribution in [0.5, 0.6) is 5.75 Å². The predicted molar refractivity (Wildman–Crippen MR) is 82.4 cm³/mol. The maximum absolute atomic E-state index is 9.07. The Morgan fingerprint density at radius 3 is 2.95 bits per heavy atom. The van der Waals surface area contributed by atoms with Crippen LogP contribution in [-0.4, -0.2) is 30.2 Å². The highest BCUT2D eigenvalue weighted by Crippen LogP contribution is 2.31. The molecule has 1 saturated heterocycles. The molecule has 0 saturated carbocycles. The van der Waals surface area contributed by atoms with Gasteiger partial charge in [0.2, 0.25) is 0 Å². The van der Waals surface area contributed by atoms with Crippen LogP contribution in [0, 0.1) is 0 Å². The minimum Gasteiger partial charge on any atom is -0.490 e. The molecule has 4 heteroatoms. The number of oxime groups is 1. The molecule has 0 amide bonds. The lowest BCUT2D eigenvalue weighted by Gasteiger charge is -2.16. The van der Waals surface area contributed by atoms with Crippen LogP contribution in [0.1, 0.15) is 25.3 Å². The summed E-state index contributed by atoms with van der Waals surface area (Å²) in [6, 6.07) is 12.0. The third kappa shape index (κ3) is 2.85. The van der Waals surface area contributed by atoms with Crippen LogP contribution in [0.25, 0.3) is 10.8 Å². The van der Waals surface area contributed by atoms with Gasteiger partial charge in [-0.1, -0.05) is 35.5 Å². The van der Waals surface area contributed by atoms with Crippen molar-refractivity contribution in [2.75, 3.05) is 13.2 Å². The highest BCUT2D eigenvalue weighted by molar-refractivity contribution is 6.06. The molecule has 0 radical (unpaired) electrons. The zero-order valence-electron chi connectivity index (χ0n) is 12.1. The van der Waals surface area contributed by atoms with E-state index in [-0.39, 0.29) is 6.10 Å². The molecule has 1 aliphatic rings. The topological polar surface area (TPSA) is 51.1 Å². The van der Waals surface area contributed by atoms with Gasteiger partial charge >= 0.3 is 0 Å². The van der Waals surface area contributed by atoms with Gasteiger partial charge in [0.25, 0.3) is 0 Å². The normalized spacial score (nSPS) is 19.1. The summed E-state index contributed by atoms with van der Waals surface area (Å²) in [4.78, 5) is 0. The number of rotatable bonds is 4. The Balaban J connectivity index is 1.98. The van der Waals surface area contributed by atoms with E-state index < -0.39 is 0 Å². The molecule has 4 nitrogen and oxygen atoms in total. The molecule has 1 heterocycles. The van der Waals surface area contributed by atoms with Gasteiger partial charge in [-0.25, -0.2) is 0 Å². The van der Waals surface area contributed by atoms with Gasteiger partial charge in [0.05, 0.1) is 11.8 Å². The molecule has 21 heavy (non-hydrogen) atoms. The minimum atomic E-state index is 0.156. The fourth-order valence-corrected chi connectivity index (χ4v) is 2.69. The van der Waals surface area contributed by atoms with Gasteiger partial charge in [-0.2, -0.15) is 0 Å². The van der Waals surface area contributed by atoms with Crippen molar-refractivity contribution in [2.24, 2.45) is 5.16 Å². The Morgan fingerprint density at radius 1 is 1.33 bits per heavy atom. The van der Waals surface area contributed by atoms with Gasteiger partial charge in [-0.15, -0.1) is 0 Å². The van der Waals surface area contributed by atoms with Crippen LogP contribution in [0.3, 0.4) is 0 Å². The largest absolute Gasteiger partial charge is 0.490 e. The summed E-state index contributed by atoms with van der Waals surface area (Å²) < 4.78 is 11.6. The van der Waals surface area contributed by atoms with Crippen LogP contribution >= 0.6 is 0 Å².